The first-order valence-corrected chi connectivity index (χ1v) is 11.3. The van der Waals surface area contributed by atoms with Crippen molar-refractivity contribution in [3.8, 4) is 5.75 Å². The van der Waals surface area contributed by atoms with Crippen molar-refractivity contribution in [2.75, 3.05) is 19.7 Å². The van der Waals surface area contributed by atoms with E-state index in [1.54, 1.807) is 0 Å². The van der Waals surface area contributed by atoms with Crippen molar-refractivity contribution in [3.63, 3.8) is 0 Å². The van der Waals surface area contributed by atoms with Gasteiger partial charge in [-0.25, -0.2) is 4.39 Å². The molecule has 32 heavy (non-hydrogen) atoms. The molecule has 166 valence electrons. The van der Waals surface area contributed by atoms with Gasteiger partial charge < -0.3 is 20.4 Å². The number of rotatable bonds is 8. The number of fused-ring (bicyclic) bond motifs is 2. The number of nitrogens with two attached hydrogens (primary N) is 1. The lowest BCUT2D eigenvalue weighted by atomic mass is 10.0. The van der Waals surface area contributed by atoms with E-state index in [4.69, 9.17) is 22.1 Å². The molecule has 3 N–H and O–H groups in total. The van der Waals surface area contributed by atoms with Crippen LogP contribution in [0.2, 0.25) is 5.02 Å². The first-order chi connectivity index (χ1) is 15.5. The molecule has 7 heteroatoms. The number of halogens is 2. The summed E-state index contributed by atoms with van der Waals surface area (Å²) in [6, 6.07) is 8.60. The number of benzene rings is 2. The van der Waals surface area contributed by atoms with E-state index in [9.17, 15) is 9.18 Å². The van der Waals surface area contributed by atoms with Crippen molar-refractivity contribution in [1.82, 2.24) is 9.88 Å². The third-order valence-corrected chi connectivity index (χ3v) is 6.61. The van der Waals surface area contributed by atoms with Crippen LogP contribution in [-0.4, -0.2) is 35.5 Å². The smallest absolute Gasteiger partial charge is 0.249 e. The summed E-state index contributed by atoms with van der Waals surface area (Å²) in [7, 11) is 0. The molecule has 1 fully saturated rings. The summed E-state index contributed by atoms with van der Waals surface area (Å²) in [6.45, 7) is 2.06. The van der Waals surface area contributed by atoms with Gasteiger partial charge in [-0.1, -0.05) is 23.7 Å². The lowest BCUT2D eigenvalue weighted by Gasteiger charge is -2.31. The first-order valence-electron chi connectivity index (χ1n) is 11.0. The molecule has 5 rings (SSSR count). The molecule has 0 atom stereocenters. The molecule has 0 spiro atoms. The molecule has 2 aliphatic rings. The van der Waals surface area contributed by atoms with Crippen LogP contribution in [-0.2, 0) is 6.42 Å². The number of amides is 1. The second kappa shape index (κ2) is 8.51. The van der Waals surface area contributed by atoms with Crippen LogP contribution in [0.5, 0.6) is 5.75 Å². The Hall–Kier alpha value is -2.99. The van der Waals surface area contributed by atoms with Crippen LogP contribution >= 0.6 is 11.6 Å². The molecule has 2 aromatic carbocycles. The van der Waals surface area contributed by atoms with Gasteiger partial charge in [-0.3, -0.25) is 4.79 Å². The second-order valence-corrected chi connectivity index (χ2v) is 9.00. The third-order valence-electron chi connectivity index (χ3n) is 6.29. The van der Waals surface area contributed by atoms with E-state index in [2.05, 4.69) is 16.0 Å². The lowest BCUT2D eigenvalue weighted by molar-refractivity contribution is 0.0999. The molecular weight excluding hydrogens is 429 g/mol. The number of H-pyrrole nitrogens is 1. The van der Waals surface area contributed by atoms with Crippen LogP contribution in [0.4, 0.5) is 4.39 Å². The number of para-hydroxylation sites is 1. The van der Waals surface area contributed by atoms with Crippen molar-refractivity contribution in [2.24, 2.45) is 11.7 Å². The number of carbonyl (C=O) groups excluding carboxylic acids is 1. The Morgan fingerprint density at radius 3 is 2.91 bits per heavy atom. The minimum Gasteiger partial charge on any atom is -0.484 e. The summed E-state index contributed by atoms with van der Waals surface area (Å²) in [5.41, 5.74) is 9.40. The van der Waals surface area contributed by atoms with Gasteiger partial charge >= 0.3 is 0 Å². The van der Waals surface area contributed by atoms with E-state index >= 15 is 0 Å². The maximum atomic E-state index is 14.2. The minimum absolute atomic E-state index is 0.104. The average molecular weight is 454 g/mol. The van der Waals surface area contributed by atoms with Gasteiger partial charge in [0.15, 0.2) is 11.6 Å². The highest BCUT2D eigenvalue weighted by atomic mass is 35.5. The number of hydrogen-bond acceptors (Lipinski definition) is 3. The fraction of sp³-hybridized carbons (Fsp3) is 0.320. The summed E-state index contributed by atoms with van der Waals surface area (Å²) >= 11 is 6.29. The number of primary amides is 1. The number of carbonyl (C=O) groups is 1. The van der Waals surface area contributed by atoms with Gasteiger partial charge in [-0.15, -0.1) is 0 Å². The highest BCUT2D eigenvalue weighted by molar-refractivity contribution is 6.35. The Labute approximate surface area is 191 Å². The number of aromatic amines is 1. The van der Waals surface area contributed by atoms with Crippen molar-refractivity contribution in [2.45, 2.75) is 25.7 Å². The number of aromatic nitrogens is 1. The van der Waals surface area contributed by atoms with Crippen molar-refractivity contribution in [1.29, 1.82) is 0 Å². The van der Waals surface area contributed by atoms with E-state index in [-0.39, 0.29) is 17.9 Å². The van der Waals surface area contributed by atoms with Gasteiger partial charge in [-0.2, -0.15) is 0 Å². The molecule has 3 aromatic rings. The predicted octanol–water partition coefficient (Wildman–Crippen LogP) is 5.14. The molecule has 1 aromatic heterocycles. The quantitative estimate of drug-likeness (QED) is 0.496. The monoisotopic (exact) mass is 453 g/mol. The Morgan fingerprint density at radius 1 is 1.28 bits per heavy atom. The Kier molecular flexibility index (Phi) is 5.55. The fourth-order valence-electron chi connectivity index (χ4n) is 4.42. The molecule has 1 aliphatic carbocycles. The highest BCUT2D eigenvalue weighted by Crippen LogP contribution is 2.36. The normalized spacial score (nSPS) is 15.2. The maximum Gasteiger partial charge on any atom is 0.249 e. The zero-order valence-electron chi connectivity index (χ0n) is 17.7. The number of nitrogens with zero attached hydrogens (tertiary/aromatic N) is 1. The second-order valence-electron chi connectivity index (χ2n) is 8.60. The van der Waals surface area contributed by atoms with E-state index in [0.717, 1.165) is 47.6 Å². The molecule has 2 heterocycles. The van der Waals surface area contributed by atoms with Crippen molar-refractivity contribution < 1.29 is 13.9 Å². The number of nitrogens with one attached hydrogen (secondary N) is 1. The molecule has 1 aliphatic heterocycles. The van der Waals surface area contributed by atoms with Crippen molar-refractivity contribution in [3.05, 3.63) is 69.8 Å². The number of aryl methyl sites for hydroxylation is 1. The standard InChI is InChI=1S/C25H25ClFN3O2/c26-21-5-1-4-18-16(12-29-23(18)21)3-2-10-30(13-15-6-7-15)17-11-20-19(25(28)31)8-9-22(27)24(20)32-14-17/h1,4-5,8-9,11-12,15,29H,2-3,6-7,10,13-14H2,(H2,28,31). The van der Waals surface area contributed by atoms with Gasteiger partial charge in [-0.05, 0) is 61.4 Å². The first kappa shape index (κ1) is 20.9. The molecular formula is C25H25ClFN3O2. The van der Waals surface area contributed by atoms with E-state index in [0.29, 0.717) is 11.5 Å². The summed E-state index contributed by atoms with van der Waals surface area (Å²) in [5, 5.41) is 1.88. The summed E-state index contributed by atoms with van der Waals surface area (Å²) in [5.74, 6) is -0.291. The zero-order valence-corrected chi connectivity index (χ0v) is 18.4. The summed E-state index contributed by atoms with van der Waals surface area (Å²) in [6.07, 6.45) is 8.21. The van der Waals surface area contributed by atoms with Crippen LogP contribution in [0, 0.1) is 11.7 Å². The third kappa shape index (κ3) is 4.07. The Bertz CT molecular complexity index is 1220. The number of hydrogen-bond donors (Lipinski definition) is 2. The Morgan fingerprint density at radius 2 is 2.12 bits per heavy atom. The topological polar surface area (TPSA) is 71.4 Å². The van der Waals surface area contributed by atoms with Crippen molar-refractivity contribution >= 4 is 34.5 Å². The van der Waals surface area contributed by atoms with E-state index < -0.39 is 11.7 Å². The highest BCUT2D eigenvalue weighted by Gasteiger charge is 2.28. The van der Waals surface area contributed by atoms with Crippen LogP contribution < -0.4 is 10.5 Å². The SMILES string of the molecule is NC(=O)c1ccc(F)c2c1C=C(N(CCCc1c[nH]c3c(Cl)cccc13)CC1CC1)CO2. The van der Waals surface area contributed by atoms with Gasteiger partial charge in [0.25, 0.3) is 0 Å². The molecule has 1 saturated carbocycles. The molecule has 0 bridgehead atoms. The molecule has 0 unspecified atom stereocenters. The molecule has 5 nitrogen and oxygen atoms in total. The van der Waals surface area contributed by atoms with Gasteiger partial charge in [0.05, 0.1) is 21.8 Å². The summed E-state index contributed by atoms with van der Waals surface area (Å²) < 4.78 is 20.0. The van der Waals surface area contributed by atoms with Gasteiger partial charge in [0.1, 0.15) is 6.61 Å². The van der Waals surface area contributed by atoms with Crippen LogP contribution in [0.25, 0.3) is 17.0 Å². The molecule has 0 saturated heterocycles. The van der Waals surface area contributed by atoms with Gasteiger partial charge in [0, 0.05) is 30.2 Å². The van der Waals surface area contributed by atoms with Crippen LogP contribution in [0.15, 0.2) is 42.2 Å². The maximum absolute atomic E-state index is 14.2. The van der Waals surface area contributed by atoms with Crippen LogP contribution in [0.3, 0.4) is 0 Å². The number of ether oxygens (including phenoxy) is 1. The Balaban J connectivity index is 1.36. The minimum atomic E-state index is -0.589. The van der Waals surface area contributed by atoms with E-state index in [1.807, 2.05) is 24.4 Å². The average Bonchev–Trinajstić information content (AvgIpc) is 3.50. The van der Waals surface area contributed by atoms with E-state index in [1.165, 1.54) is 30.5 Å². The fourth-order valence-corrected chi connectivity index (χ4v) is 4.65. The molecule has 1 amide bonds. The predicted molar refractivity (Wildman–Crippen MR) is 124 cm³/mol. The van der Waals surface area contributed by atoms with Gasteiger partial charge in [0.2, 0.25) is 5.91 Å². The van der Waals surface area contributed by atoms with Crippen LogP contribution in [0.1, 0.15) is 40.7 Å². The summed E-state index contributed by atoms with van der Waals surface area (Å²) in [4.78, 5) is 17.5. The lowest BCUT2D eigenvalue weighted by Crippen LogP contribution is -2.31. The largest absolute Gasteiger partial charge is 0.484 e. The zero-order chi connectivity index (χ0) is 22.2. The molecule has 0 radical (unpaired) electrons.